The van der Waals surface area contributed by atoms with Crippen LogP contribution in [-0.2, 0) is 0 Å². The molecule has 0 unspecified atom stereocenters. The van der Waals surface area contributed by atoms with Crippen molar-refractivity contribution in [3.63, 3.8) is 0 Å². The van der Waals surface area contributed by atoms with Gasteiger partial charge in [-0.2, -0.15) is 0 Å². The van der Waals surface area contributed by atoms with E-state index in [9.17, 15) is 0 Å². The van der Waals surface area contributed by atoms with Crippen molar-refractivity contribution in [2.45, 2.75) is 0 Å². The summed E-state index contributed by atoms with van der Waals surface area (Å²) >= 11 is 0. The molecule has 0 N–H and O–H groups in total. The first-order valence-electron chi connectivity index (χ1n) is 3.69. The van der Waals surface area contributed by atoms with Crippen LogP contribution in [0.15, 0.2) is 37.2 Å². The Morgan fingerprint density at radius 1 is 0.750 bits per heavy atom. The molecule has 0 aliphatic carbocycles. The van der Waals surface area contributed by atoms with Crippen molar-refractivity contribution in [3.05, 3.63) is 37.2 Å². The second-order valence-electron chi connectivity index (χ2n) is 2.61. The summed E-state index contributed by atoms with van der Waals surface area (Å²) < 4.78 is 3.89. The predicted molar refractivity (Wildman–Crippen MR) is 43.9 cm³/mol. The smallest absolute Gasteiger partial charge is 0.180 e. The van der Waals surface area contributed by atoms with Crippen LogP contribution in [-0.4, -0.2) is 18.8 Å². The molecule has 0 radical (unpaired) electrons. The molecule has 58 valence electrons. The summed E-state index contributed by atoms with van der Waals surface area (Å²) in [6, 6.07) is 0. The van der Waals surface area contributed by atoms with E-state index in [1.165, 1.54) is 0 Å². The molecule has 0 aliphatic heterocycles. The van der Waals surface area contributed by atoms with E-state index in [4.69, 9.17) is 0 Å². The normalized spacial score (nSPS) is 11.3. The number of hydrogen-bond acceptors (Lipinski definition) is 2. The molecule has 0 saturated carbocycles. The molecule has 3 aromatic heterocycles. The van der Waals surface area contributed by atoms with E-state index < -0.39 is 0 Å². The SMILES string of the molecule is c1cn2ccn3ccnc3c2n1. The molecule has 3 rings (SSSR count). The Balaban J connectivity index is 2.71. The third-order valence-electron chi connectivity index (χ3n) is 1.93. The number of aromatic nitrogens is 4. The van der Waals surface area contributed by atoms with Crippen molar-refractivity contribution in [3.8, 4) is 0 Å². The maximum absolute atomic E-state index is 4.20. The first-order chi connectivity index (χ1) is 5.95. The van der Waals surface area contributed by atoms with Crippen molar-refractivity contribution in [2.75, 3.05) is 0 Å². The zero-order valence-electron chi connectivity index (χ0n) is 6.25. The van der Waals surface area contributed by atoms with Crippen LogP contribution in [0.1, 0.15) is 0 Å². The number of fused-ring (bicyclic) bond motifs is 3. The van der Waals surface area contributed by atoms with E-state index in [-0.39, 0.29) is 0 Å². The standard InChI is InChI=1S/C8H6N4/c1-3-11-5-6-12-4-2-10-8(12)7(11)9-1/h1-6H. The van der Waals surface area contributed by atoms with Crippen molar-refractivity contribution in [2.24, 2.45) is 0 Å². The molecule has 0 spiro atoms. The molecule has 4 heteroatoms. The van der Waals surface area contributed by atoms with E-state index >= 15 is 0 Å². The van der Waals surface area contributed by atoms with Gasteiger partial charge >= 0.3 is 0 Å². The van der Waals surface area contributed by atoms with Crippen LogP contribution in [0.4, 0.5) is 0 Å². The summed E-state index contributed by atoms with van der Waals surface area (Å²) in [5.41, 5.74) is 1.78. The monoisotopic (exact) mass is 158 g/mol. The average Bonchev–Trinajstić information content (AvgIpc) is 2.71. The second kappa shape index (κ2) is 1.85. The first kappa shape index (κ1) is 5.77. The molecule has 12 heavy (non-hydrogen) atoms. The fourth-order valence-corrected chi connectivity index (χ4v) is 1.36. The summed E-state index contributed by atoms with van der Waals surface area (Å²) in [4.78, 5) is 8.40. The van der Waals surface area contributed by atoms with Gasteiger partial charge in [0.1, 0.15) is 0 Å². The predicted octanol–water partition coefficient (Wildman–Crippen LogP) is 0.982. The summed E-state index contributed by atoms with van der Waals surface area (Å²) in [6.45, 7) is 0. The highest BCUT2D eigenvalue weighted by molar-refractivity contribution is 5.65. The minimum absolute atomic E-state index is 0.891. The Morgan fingerprint density at radius 2 is 1.25 bits per heavy atom. The molecule has 0 fully saturated rings. The summed E-state index contributed by atoms with van der Waals surface area (Å²) in [5.74, 6) is 0. The van der Waals surface area contributed by atoms with E-state index in [1.54, 1.807) is 12.4 Å². The second-order valence-corrected chi connectivity index (χ2v) is 2.61. The van der Waals surface area contributed by atoms with Crippen molar-refractivity contribution in [1.29, 1.82) is 0 Å². The highest BCUT2D eigenvalue weighted by Crippen LogP contribution is 2.07. The average molecular weight is 158 g/mol. The Hall–Kier alpha value is -1.84. The Morgan fingerprint density at radius 3 is 1.75 bits per heavy atom. The van der Waals surface area contributed by atoms with Crippen LogP contribution >= 0.6 is 0 Å². The zero-order valence-corrected chi connectivity index (χ0v) is 6.25. The van der Waals surface area contributed by atoms with Crippen molar-refractivity contribution >= 4 is 11.3 Å². The number of imidazole rings is 2. The van der Waals surface area contributed by atoms with Crippen LogP contribution < -0.4 is 0 Å². The van der Waals surface area contributed by atoms with Crippen molar-refractivity contribution in [1.82, 2.24) is 18.8 Å². The molecule has 0 aromatic carbocycles. The van der Waals surface area contributed by atoms with Crippen LogP contribution in [0.3, 0.4) is 0 Å². The molecule has 3 aromatic rings. The molecule has 0 aliphatic rings. The van der Waals surface area contributed by atoms with Gasteiger partial charge in [-0.25, -0.2) is 9.97 Å². The molecular weight excluding hydrogens is 152 g/mol. The fraction of sp³-hybridized carbons (Fsp3) is 0. The van der Waals surface area contributed by atoms with Gasteiger partial charge in [0.15, 0.2) is 11.3 Å². The number of rotatable bonds is 0. The highest BCUT2D eigenvalue weighted by atomic mass is 15.1. The molecular formula is C8H6N4. The third kappa shape index (κ3) is 0.567. The van der Waals surface area contributed by atoms with Gasteiger partial charge in [-0.15, -0.1) is 0 Å². The van der Waals surface area contributed by atoms with Gasteiger partial charge in [-0.3, -0.25) is 0 Å². The van der Waals surface area contributed by atoms with Gasteiger partial charge < -0.3 is 8.80 Å². The van der Waals surface area contributed by atoms with Gasteiger partial charge in [0, 0.05) is 37.2 Å². The van der Waals surface area contributed by atoms with E-state index in [0.717, 1.165) is 11.3 Å². The Labute approximate surface area is 68.1 Å². The minimum Gasteiger partial charge on any atom is -0.303 e. The number of nitrogens with zero attached hydrogens (tertiary/aromatic N) is 4. The highest BCUT2D eigenvalue weighted by Gasteiger charge is 2.00. The zero-order chi connectivity index (χ0) is 7.97. The van der Waals surface area contributed by atoms with Crippen molar-refractivity contribution < 1.29 is 0 Å². The van der Waals surface area contributed by atoms with E-state index in [1.807, 2.05) is 33.6 Å². The van der Waals surface area contributed by atoms with E-state index in [2.05, 4.69) is 9.97 Å². The lowest BCUT2D eigenvalue weighted by Gasteiger charge is -1.94. The maximum atomic E-state index is 4.20. The van der Waals surface area contributed by atoms with Crippen LogP contribution in [0, 0.1) is 0 Å². The molecule has 0 bridgehead atoms. The third-order valence-corrected chi connectivity index (χ3v) is 1.93. The van der Waals surface area contributed by atoms with Crippen LogP contribution in [0.25, 0.3) is 11.3 Å². The molecule has 0 atom stereocenters. The van der Waals surface area contributed by atoms with Gasteiger partial charge in [0.05, 0.1) is 0 Å². The molecule has 4 nitrogen and oxygen atoms in total. The number of hydrogen-bond donors (Lipinski definition) is 0. The molecule has 0 amide bonds. The van der Waals surface area contributed by atoms with Gasteiger partial charge in [-0.05, 0) is 0 Å². The van der Waals surface area contributed by atoms with Gasteiger partial charge in [0.25, 0.3) is 0 Å². The Bertz CT molecular complexity index is 484. The van der Waals surface area contributed by atoms with Gasteiger partial charge in [0.2, 0.25) is 0 Å². The summed E-state index contributed by atoms with van der Waals surface area (Å²) in [7, 11) is 0. The van der Waals surface area contributed by atoms with Crippen LogP contribution in [0.5, 0.6) is 0 Å². The van der Waals surface area contributed by atoms with E-state index in [0.29, 0.717) is 0 Å². The quantitative estimate of drug-likeness (QED) is 0.488. The first-order valence-corrected chi connectivity index (χ1v) is 3.69. The topological polar surface area (TPSA) is 34.6 Å². The lowest BCUT2D eigenvalue weighted by molar-refractivity contribution is 1.09. The summed E-state index contributed by atoms with van der Waals surface area (Å²) in [6.07, 6.45) is 11.3. The van der Waals surface area contributed by atoms with Crippen LogP contribution in [0.2, 0.25) is 0 Å². The van der Waals surface area contributed by atoms with Gasteiger partial charge in [-0.1, -0.05) is 0 Å². The largest absolute Gasteiger partial charge is 0.303 e. The lowest BCUT2D eigenvalue weighted by Crippen LogP contribution is -1.89. The lowest BCUT2D eigenvalue weighted by atomic mass is 10.6. The maximum Gasteiger partial charge on any atom is 0.180 e. The molecule has 3 heterocycles. The molecule has 0 saturated heterocycles. The summed E-state index contributed by atoms with van der Waals surface area (Å²) in [5, 5.41) is 0. The fourth-order valence-electron chi connectivity index (χ4n) is 1.36. The Kier molecular flexibility index (Phi) is 0.889. The minimum atomic E-state index is 0.891.